The Hall–Kier alpha value is -2.88. The van der Waals surface area contributed by atoms with Crippen molar-refractivity contribution in [3.63, 3.8) is 0 Å². The highest BCUT2D eigenvalue weighted by atomic mass is 16.6. The van der Waals surface area contributed by atoms with Crippen molar-refractivity contribution < 1.29 is 33.8 Å². The van der Waals surface area contributed by atoms with Crippen LogP contribution in [0.1, 0.15) is 6.42 Å². The van der Waals surface area contributed by atoms with Gasteiger partial charge in [0.1, 0.15) is 5.75 Å². The summed E-state index contributed by atoms with van der Waals surface area (Å²) in [6.45, 7) is 0.810. The molecule has 0 radical (unpaired) electrons. The van der Waals surface area contributed by atoms with Gasteiger partial charge in [0, 0.05) is 37.7 Å². The zero-order valence-electron chi connectivity index (χ0n) is 14.8. The number of methoxy groups -OCH3 is 1. The predicted octanol–water partition coefficient (Wildman–Crippen LogP) is 0.932. The molecule has 2 atom stereocenters. The monoisotopic (exact) mass is 380 g/mol. The molecular weight excluding hydrogens is 360 g/mol. The van der Waals surface area contributed by atoms with Crippen LogP contribution in [0.3, 0.4) is 0 Å². The summed E-state index contributed by atoms with van der Waals surface area (Å²) in [6, 6.07) is 3.95. The van der Waals surface area contributed by atoms with Gasteiger partial charge in [-0.2, -0.15) is 0 Å². The Morgan fingerprint density at radius 1 is 1.48 bits per heavy atom. The standard InChI is InChI=1S/C17H20N2O8/c1-25-14-6-12(2-3-13(14)19(23)24)27-9-15(20)18-7-11-8-26-5-4-17(11,10-18)16(21)22/h2-3,6,11H,4-5,7-10H2,1H3,(H,21,22)/t11-,17+/m0/s1. The largest absolute Gasteiger partial charge is 0.490 e. The van der Waals surface area contributed by atoms with Gasteiger partial charge >= 0.3 is 11.7 Å². The Morgan fingerprint density at radius 3 is 2.89 bits per heavy atom. The van der Waals surface area contributed by atoms with E-state index in [4.69, 9.17) is 14.2 Å². The third-order valence-electron chi connectivity index (χ3n) is 5.20. The molecule has 1 N–H and O–H groups in total. The molecule has 3 rings (SSSR count). The van der Waals surface area contributed by atoms with Gasteiger partial charge in [-0.05, 0) is 12.5 Å². The number of rotatable bonds is 6. The van der Waals surface area contributed by atoms with E-state index in [2.05, 4.69) is 0 Å². The molecule has 0 unspecified atom stereocenters. The van der Waals surface area contributed by atoms with E-state index in [1.807, 2.05) is 0 Å². The van der Waals surface area contributed by atoms with E-state index in [0.29, 0.717) is 26.2 Å². The van der Waals surface area contributed by atoms with Crippen molar-refractivity contribution >= 4 is 17.6 Å². The number of aliphatic carboxylic acids is 1. The molecule has 0 aromatic heterocycles. The van der Waals surface area contributed by atoms with Gasteiger partial charge < -0.3 is 24.2 Å². The van der Waals surface area contributed by atoms with Gasteiger partial charge in [0.15, 0.2) is 6.61 Å². The van der Waals surface area contributed by atoms with Crippen LogP contribution in [-0.2, 0) is 14.3 Å². The summed E-state index contributed by atoms with van der Waals surface area (Å²) in [7, 11) is 1.30. The second-order valence-electron chi connectivity index (χ2n) is 6.64. The number of amides is 1. The number of hydrogen-bond donors (Lipinski definition) is 1. The topological polar surface area (TPSA) is 128 Å². The number of carbonyl (C=O) groups excluding carboxylic acids is 1. The first-order valence-corrected chi connectivity index (χ1v) is 8.41. The van der Waals surface area contributed by atoms with E-state index in [1.54, 1.807) is 0 Å². The fourth-order valence-corrected chi connectivity index (χ4v) is 3.62. The maximum absolute atomic E-state index is 12.5. The molecule has 10 nitrogen and oxygen atoms in total. The van der Waals surface area contributed by atoms with E-state index in [1.165, 1.54) is 30.2 Å². The summed E-state index contributed by atoms with van der Waals surface area (Å²) in [6.07, 6.45) is 0.372. The first-order chi connectivity index (χ1) is 12.9. The number of ether oxygens (including phenoxy) is 3. The van der Waals surface area contributed by atoms with Gasteiger partial charge in [-0.15, -0.1) is 0 Å². The Bertz CT molecular complexity index is 767. The normalized spacial score (nSPS) is 24.2. The van der Waals surface area contributed by atoms with Crippen molar-refractivity contribution in [3.8, 4) is 11.5 Å². The molecule has 1 amide bonds. The molecule has 1 aromatic carbocycles. The number of carboxylic acid groups (broad SMARTS) is 1. The van der Waals surface area contributed by atoms with Gasteiger partial charge in [-0.1, -0.05) is 0 Å². The Balaban J connectivity index is 1.65. The number of benzene rings is 1. The summed E-state index contributed by atoms with van der Waals surface area (Å²) < 4.78 is 15.8. The number of hydrogen-bond acceptors (Lipinski definition) is 7. The molecule has 1 aromatic rings. The summed E-state index contributed by atoms with van der Waals surface area (Å²) >= 11 is 0. The third kappa shape index (κ3) is 3.52. The fraction of sp³-hybridized carbons (Fsp3) is 0.529. The van der Waals surface area contributed by atoms with E-state index in [-0.39, 0.29) is 42.2 Å². The number of fused-ring (bicyclic) bond motifs is 1. The van der Waals surface area contributed by atoms with Crippen LogP contribution in [0.4, 0.5) is 5.69 Å². The van der Waals surface area contributed by atoms with Gasteiger partial charge in [-0.25, -0.2) is 0 Å². The molecule has 146 valence electrons. The summed E-state index contributed by atoms with van der Waals surface area (Å²) in [5.41, 5.74) is -1.17. The highest BCUT2D eigenvalue weighted by Crippen LogP contribution is 2.42. The van der Waals surface area contributed by atoms with Crippen molar-refractivity contribution in [3.05, 3.63) is 28.3 Å². The van der Waals surface area contributed by atoms with Crippen LogP contribution in [0, 0.1) is 21.4 Å². The number of likely N-dealkylation sites (tertiary alicyclic amines) is 1. The lowest BCUT2D eigenvalue weighted by Gasteiger charge is -2.33. The fourth-order valence-electron chi connectivity index (χ4n) is 3.62. The van der Waals surface area contributed by atoms with Crippen LogP contribution >= 0.6 is 0 Å². The summed E-state index contributed by atoms with van der Waals surface area (Å²) in [5, 5.41) is 20.5. The Labute approximate surface area is 154 Å². The molecule has 2 aliphatic rings. The molecule has 10 heteroatoms. The Kier molecular flexibility index (Phi) is 5.17. The number of nitro groups is 1. The lowest BCUT2D eigenvalue weighted by molar-refractivity contribution is -0.385. The molecule has 2 aliphatic heterocycles. The molecule has 0 spiro atoms. The zero-order valence-corrected chi connectivity index (χ0v) is 14.8. The van der Waals surface area contributed by atoms with Crippen LogP contribution < -0.4 is 9.47 Å². The van der Waals surface area contributed by atoms with Crippen molar-refractivity contribution in [1.82, 2.24) is 4.90 Å². The summed E-state index contributed by atoms with van der Waals surface area (Å²) in [5.74, 6) is -1.22. The van der Waals surface area contributed by atoms with Crippen molar-refractivity contribution in [2.75, 3.05) is 40.0 Å². The lowest BCUT2D eigenvalue weighted by Crippen LogP contribution is -2.45. The predicted molar refractivity (Wildman–Crippen MR) is 90.7 cm³/mol. The molecule has 0 bridgehead atoms. The first kappa shape index (κ1) is 18.9. The molecule has 2 fully saturated rings. The number of carboxylic acids is 1. The molecule has 0 aliphatic carbocycles. The molecule has 2 heterocycles. The second kappa shape index (κ2) is 7.39. The molecule has 27 heavy (non-hydrogen) atoms. The lowest BCUT2D eigenvalue weighted by atomic mass is 9.74. The van der Waals surface area contributed by atoms with Gasteiger partial charge in [0.25, 0.3) is 5.91 Å². The van der Waals surface area contributed by atoms with Crippen LogP contribution in [0.15, 0.2) is 18.2 Å². The Morgan fingerprint density at radius 2 is 2.26 bits per heavy atom. The molecule has 2 saturated heterocycles. The van der Waals surface area contributed by atoms with E-state index < -0.39 is 16.3 Å². The summed E-state index contributed by atoms with van der Waals surface area (Å²) in [4.78, 5) is 36.1. The molecular formula is C17H20N2O8. The van der Waals surface area contributed by atoms with Crippen molar-refractivity contribution in [1.29, 1.82) is 0 Å². The number of nitrogens with zero attached hydrogens (tertiary/aromatic N) is 2. The van der Waals surface area contributed by atoms with Crippen LogP contribution in [-0.4, -0.2) is 66.8 Å². The van der Waals surface area contributed by atoms with E-state index >= 15 is 0 Å². The molecule has 0 saturated carbocycles. The highest BCUT2D eigenvalue weighted by molar-refractivity contribution is 5.82. The van der Waals surface area contributed by atoms with E-state index in [0.717, 1.165) is 0 Å². The quantitative estimate of drug-likeness (QED) is 0.570. The zero-order chi connectivity index (χ0) is 19.6. The average molecular weight is 380 g/mol. The minimum atomic E-state index is -0.968. The van der Waals surface area contributed by atoms with Crippen LogP contribution in [0.2, 0.25) is 0 Å². The smallest absolute Gasteiger partial charge is 0.311 e. The van der Waals surface area contributed by atoms with Crippen molar-refractivity contribution in [2.24, 2.45) is 11.3 Å². The number of carbonyl (C=O) groups is 2. The van der Waals surface area contributed by atoms with Gasteiger partial charge in [0.2, 0.25) is 5.75 Å². The van der Waals surface area contributed by atoms with Crippen LogP contribution in [0.25, 0.3) is 0 Å². The maximum Gasteiger partial charge on any atom is 0.311 e. The second-order valence-corrected chi connectivity index (χ2v) is 6.64. The average Bonchev–Trinajstić information content (AvgIpc) is 3.07. The van der Waals surface area contributed by atoms with Crippen LogP contribution in [0.5, 0.6) is 11.5 Å². The highest BCUT2D eigenvalue weighted by Gasteiger charge is 2.54. The van der Waals surface area contributed by atoms with Gasteiger partial charge in [-0.3, -0.25) is 19.7 Å². The maximum atomic E-state index is 12.5. The SMILES string of the molecule is COc1cc(OCC(=O)N2C[C@H]3COCC[C@@]3(C(=O)O)C2)ccc1[N+](=O)[O-]. The van der Waals surface area contributed by atoms with Gasteiger partial charge in [0.05, 0.1) is 24.1 Å². The number of nitro benzene ring substituents is 1. The van der Waals surface area contributed by atoms with Crippen molar-refractivity contribution in [2.45, 2.75) is 6.42 Å². The van der Waals surface area contributed by atoms with E-state index in [9.17, 15) is 24.8 Å². The third-order valence-corrected chi connectivity index (χ3v) is 5.20. The minimum absolute atomic E-state index is 0.0270. The minimum Gasteiger partial charge on any atom is -0.490 e. The first-order valence-electron chi connectivity index (χ1n) is 8.41.